The molecular weight excluding hydrogens is 212 g/mol. The maximum atomic E-state index is 13.5. The maximum absolute atomic E-state index is 13.5. The Balaban J connectivity index is 2.77. The van der Waals surface area contributed by atoms with E-state index in [0.717, 1.165) is 12.8 Å². The molecule has 0 atom stereocenters. The van der Waals surface area contributed by atoms with Crippen LogP contribution in [0.25, 0.3) is 0 Å². The molecule has 0 fully saturated rings. The number of nitrogens with two attached hydrogens (primary N) is 1. The van der Waals surface area contributed by atoms with E-state index in [0.29, 0.717) is 25.1 Å². The van der Waals surface area contributed by atoms with Crippen molar-refractivity contribution in [2.24, 2.45) is 5.73 Å². The van der Waals surface area contributed by atoms with Crippen LogP contribution in [0.15, 0.2) is 12.1 Å². The van der Waals surface area contributed by atoms with Gasteiger partial charge in [-0.05, 0) is 37.1 Å². The number of ether oxygens (including phenoxy) is 1. The topological polar surface area (TPSA) is 35.2 Å². The Kier molecular flexibility index (Phi) is 5.19. The van der Waals surface area contributed by atoms with Crippen molar-refractivity contribution in [3.05, 3.63) is 29.3 Å². The number of halogens is 2. The Morgan fingerprint density at radius 2 is 1.88 bits per heavy atom. The third-order valence-corrected chi connectivity index (χ3v) is 2.24. The largest absolute Gasteiger partial charge is 0.488 e. The van der Waals surface area contributed by atoms with E-state index in [-0.39, 0.29) is 5.75 Å². The monoisotopic (exact) mass is 229 g/mol. The Morgan fingerprint density at radius 1 is 1.25 bits per heavy atom. The lowest BCUT2D eigenvalue weighted by Gasteiger charge is -2.09. The van der Waals surface area contributed by atoms with Crippen LogP contribution in [0.4, 0.5) is 8.78 Å². The second-order valence-corrected chi connectivity index (χ2v) is 3.63. The summed E-state index contributed by atoms with van der Waals surface area (Å²) in [5.41, 5.74) is 5.88. The van der Waals surface area contributed by atoms with Crippen LogP contribution in [0, 0.1) is 11.6 Å². The van der Waals surface area contributed by atoms with Crippen LogP contribution in [-0.2, 0) is 6.42 Å². The fourth-order valence-electron chi connectivity index (χ4n) is 1.38. The molecule has 2 nitrogen and oxygen atoms in total. The number of hydrogen-bond acceptors (Lipinski definition) is 2. The molecule has 0 heterocycles. The molecule has 0 unspecified atom stereocenters. The number of rotatable bonds is 6. The van der Waals surface area contributed by atoms with Crippen LogP contribution < -0.4 is 10.5 Å². The Bertz CT molecular complexity index is 319. The van der Waals surface area contributed by atoms with Gasteiger partial charge in [0.2, 0.25) is 0 Å². The lowest BCUT2D eigenvalue weighted by Crippen LogP contribution is -2.06. The highest BCUT2D eigenvalue weighted by Gasteiger charge is 2.12. The number of unbranched alkanes of at least 4 members (excludes halogenated alkanes) is 1. The second kappa shape index (κ2) is 6.43. The minimum Gasteiger partial charge on any atom is -0.488 e. The first kappa shape index (κ1) is 12.9. The molecule has 0 radical (unpaired) electrons. The summed E-state index contributed by atoms with van der Waals surface area (Å²) >= 11 is 0. The molecule has 0 aliphatic rings. The molecule has 0 bridgehead atoms. The average Bonchev–Trinajstić information content (AvgIpc) is 2.23. The zero-order valence-electron chi connectivity index (χ0n) is 9.43. The van der Waals surface area contributed by atoms with Crippen LogP contribution in [0.5, 0.6) is 5.75 Å². The molecule has 0 saturated carbocycles. The summed E-state index contributed by atoms with van der Waals surface area (Å²) in [6.45, 7) is 2.69. The van der Waals surface area contributed by atoms with Gasteiger partial charge in [0.1, 0.15) is 0 Å². The van der Waals surface area contributed by atoms with Crippen LogP contribution >= 0.6 is 0 Å². The zero-order chi connectivity index (χ0) is 12.0. The van der Waals surface area contributed by atoms with Gasteiger partial charge in [0, 0.05) is 0 Å². The van der Waals surface area contributed by atoms with Gasteiger partial charge in [0.15, 0.2) is 17.4 Å². The predicted molar refractivity (Wildman–Crippen MR) is 59.5 cm³/mol. The minimum absolute atomic E-state index is 0.283. The molecule has 0 aliphatic carbocycles. The summed E-state index contributed by atoms with van der Waals surface area (Å²) in [6.07, 6.45) is 2.17. The third-order valence-electron chi connectivity index (χ3n) is 2.24. The third kappa shape index (κ3) is 3.45. The maximum Gasteiger partial charge on any atom is 0.190 e. The van der Waals surface area contributed by atoms with E-state index in [9.17, 15) is 8.78 Å². The summed E-state index contributed by atoms with van der Waals surface area (Å²) in [5.74, 6) is -1.59. The van der Waals surface area contributed by atoms with Crippen molar-refractivity contribution in [3.8, 4) is 5.75 Å². The molecule has 1 aromatic carbocycles. The molecule has 16 heavy (non-hydrogen) atoms. The van der Waals surface area contributed by atoms with Crippen molar-refractivity contribution in [1.82, 2.24) is 0 Å². The van der Waals surface area contributed by atoms with E-state index in [2.05, 4.69) is 0 Å². The SMILES string of the molecule is CCCCOc1c(F)cc(CCN)cc1F. The quantitative estimate of drug-likeness (QED) is 0.761. The van der Waals surface area contributed by atoms with Crippen molar-refractivity contribution in [2.45, 2.75) is 26.2 Å². The van der Waals surface area contributed by atoms with Crippen molar-refractivity contribution < 1.29 is 13.5 Å². The van der Waals surface area contributed by atoms with Crippen LogP contribution in [0.2, 0.25) is 0 Å². The molecular formula is C12H17F2NO. The highest BCUT2D eigenvalue weighted by atomic mass is 19.1. The van der Waals surface area contributed by atoms with Gasteiger partial charge < -0.3 is 10.5 Å². The molecule has 2 N–H and O–H groups in total. The first-order valence-electron chi connectivity index (χ1n) is 5.49. The average molecular weight is 229 g/mol. The predicted octanol–water partition coefficient (Wildman–Crippen LogP) is 2.64. The minimum atomic E-state index is -0.653. The van der Waals surface area contributed by atoms with Crippen molar-refractivity contribution in [3.63, 3.8) is 0 Å². The second-order valence-electron chi connectivity index (χ2n) is 3.63. The standard InChI is InChI=1S/C12H17F2NO/c1-2-3-6-16-12-10(13)7-9(4-5-15)8-11(12)14/h7-8H,2-6,15H2,1H3. The van der Waals surface area contributed by atoms with Gasteiger partial charge in [0.25, 0.3) is 0 Å². The summed E-state index contributed by atoms with van der Waals surface area (Å²) in [4.78, 5) is 0. The Morgan fingerprint density at radius 3 is 2.38 bits per heavy atom. The first-order valence-corrected chi connectivity index (χ1v) is 5.49. The van der Waals surface area contributed by atoms with E-state index in [1.165, 1.54) is 12.1 Å². The molecule has 0 aromatic heterocycles. The normalized spacial score (nSPS) is 10.5. The smallest absolute Gasteiger partial charge is 0.190 e. The van der Waals surface area contributed by atoms with E-state index >= 15 is 0 Å². The Hall–Kier alpha value is -1.16. The van der Waals surface area contributed by atoms with Gasteiger partial charge in [-0.15, -0.1) is 0 Å². The lowest BCUT2D eigenvalue weighted by atomic mass is 10.1. The van der Waals surface area contributed by atoms with Gasteiger partial charge in [-0.3, -0.25) is 0 Å². The Labute approximate surface area is 94.4 Å². The van der Waals surface area contributed by atoms with Crippen molar-refractivity contribution >= 4 is 0 Å². The van der Waals surface area contributed by atoms with Crippen LogP contribution in [0.3, 0.4) is 0 Å². The van der Waals surface area contributed by atoms with E-state index in [1.54, 1.807) is 0 Å². The van der Waals surface area contributed by atoms with E-state index in [4.69, 9.17) is 10.5 Å². The summed E-state index contributed by atoms with van der Waals surface area (Å²) in [6, 6.07) is 2.55. The molecule has 0 aliphatic heterocycles. The number of hydrogen-bond donors (Lipinski definition) is 1. The van der Waals surface area contributed by atoms with Gasteiger partial charge in [-0.25, -0.2) is 8.78 Å². The fraction of sp³-hybridized carbons (Fsp3) is 0.500. The number of benzene rings is 1. The van der Waals surface area contributed by atoms with Gasteiger partial charge in [-0.2, -0.15) is 0 Å². The fourth-order valence-corrected chi connectivity index (χ4v) is 1.38. The molecule has 1 aromatic rings. The molecule has 0 amide bonds. The lowest BCUT2D eigenvalue weighted by molar-refractivity contribution is 0.278. The zero-order valence-corrected chi connectivity index (χ0v) is 9.43. The summed E-state index contributed by atoms with van der Waals surface area (Å²) < 4.78 is 32.0. The van der Waals surface area contributed by atoms with Gasteiger partial charge in [-0.1, -0.05) is 13.3 Å². The van der Waals surface area contributed by atoms with Crippen molar-refractivity contribution in [1.29, 1.82) is 0 Å². The molecule has 4 heteroatoms. The summed E-state index contributed by atoms with van der Waals surface area (Å²) in [7, 11) is 0. The van der Waals surface area contributed by atoms with Crippen LogP contribution in [-0.4, -0.2) is 13.2 Å². The summed E-state index contributed by atoms with van der Waals surface area (Å²) in [5, 5.41) is 0. The molecule has 1 rings (SSSR count). The highest BCUT2D eigenvalue weighted by molar-refractivity contribution is 5.31. The molecule has 90 valence electrons. The van der Waals surface area contributed by atoms with E-state index < -0.39 is 11.6 Å². The van der Waals surface area contributed by atoms with Gasteiger partial charge >= 0.3 is 0 Å². The van der Waals surface area contributed by atoms with Crippen molar-refractivity contribution in [2.75, 3.05) is 13.2 Å². The van der Waals surface area contributed by atoms with Crippen LogP contribution in [0.1, 0.15) is 25.3 Å². The molecule has 0 saturated heterocycles. The van der Waals surface area contributed by atoms with Gasteiger partial charge in [0.05, 0.1) is 6.61 Å². The van der Waals surface area contributed by atoms with E-state index in [1.807, 2.05) is 6.92 Å². The first-order chi connectivity index (χ1) is 7.69. The molecule has 0 spiro atoms. The highest BCUT2D eigenvalue weighted by Crippen LogP contribution is 2.23.